The Kier molecular flexibility index (Phi) is 5.25. The van der Waals surface area contributed by atoms with Gasteiger partial charge in [-0.2, -0.15) is 0 Å². The first kappa shape index (κ1) is 15.9. The molecule has 0 aliphatic rings. The summed E-state index contributed by atoms with van der Waals surface area (Å²) in [6, 6.07) is 13.7. The van der Waals surface area contributed by atoms with Gasteiger partial charge in [0.2, 0.25) is 0 Å². The van der Waals surface area contributed by atoms with E-state index in [9.17, 15) is 0 Å². The third kappa shape index (κ3) is 3.77. The van der Waals surface area contributed by atoms with Gasteiger partial charge in [-0.3, -0.25) is 0 Å². The lowest BCUT2D eigenvalue weighted by Crippen LogP contribution is -2.22. The molecule has 0 atom stereocenters. The summed E-state index contributed by atoms with van der Waals surface area (Å²) in [4.78, 5) is 2.05. The van der Waals surface area contributed by atoms with Crippen molar-refractivity contribution in [3.05, 3.63) is 62.5 Å². The Morgan fingerprint density at radius 3 is 2.62 bits per heavy atom. The standard InChI is InChI=1S/C15H15Br2N3O/c1-20(9-10-4-2-3-5-13(10)17)14-8-11(16)6-7-12(14)15(18)19-21/h2-8,21H,9H2,1H3,(H2,18,19). The van der Waals surface area contributed by atoms with E-state index in [1.165, 1.54) is 0 Å². The zero-order valence-electron chi connectivity index (χ0n) is 11.4. The Labute approximate surface area is 140 Å². The van der Waals surface area contributed by atoms with Crippen molar-refractivity contribution in [1.29, 1.82) is 0 Å². The van der Waals surface area contributed by atoms with Crippen LogP contribution < -0.4 is 10.6 Å². The van der Waals surface area contributed by atoms with Crippen LogP contribution in [0.1, 0.15) is 11.1 Å². The Balaban J connectivity index is 2.37. The zero-order valence-corrected chi connectivity index (χ0v) is 14.6. The second-order valence-electron chi connectivity index (χ2n) is 4.59. The molecule has 0 aliphatic heterocycles. The number of benzene rings is 2. The molecule has 0 aliphatic carbocycles. The van der Waals surface area contributed by atoms with Crippen LogP contribution in [-0.4, -0.2) is 18.1 Å². The van der Waals surface area contributed by atoms with E-state index in [0.29, 0.717) is 12.1 Å². The zero-order chi connectivity index (χ0) is 15.4. The Hall–Kier alpha value is -1.53. The summed E-state index contributed by atoms with van der Waals surface area (Å²) in [5, 5.41) is 12.0. The summed E-state index contributed by atoms with van der Waals surface area (Å²) in [6.45, 7) is 0.698. The SMILES string of the molecule is CN(Cc1ccccc1Br)c1cc(Br)ccc1/C(N)=N/O. The van der Waals surface area contributed by atoms with E-state index in [1.807, 2.05) is 43.4 Å². The van der Waals surface area contributed by atoms with Gasteiger partial charge in [-0.25, -0.2) is 0 Å². The molecule has 2 aromatic carbocycles. The molecule has 2 aromatic rings. The van der Waals surface area contributed by atoms with Crippen molar-refractivity contribution < 1.29 is 5.21 Å². The van der Waals surface area contributed by atoms with E-state index in [1.54, 1.807) is 0 Å². The average Bonchev–Trinajstić information content (AvgIpc) is 2.48. The van der Waals surface area contributed by atoms with E-state index in [-0.39, 0.29) is 5.84 Å². The van der Waals surface area contributed by atoms with E-state index in [2.05, 4.69) is 48.0 Å². The van der Waals surface area contributed by atoms with Crippen LogP contribution >= 0.6 is 31.9 Å². The average molecular weight is 413 g/mol. The van der Waals surface area contributed by atoms with E-state index < -0.39 is 0 Å². The molecule has 0 amide bonds. The maximum Gasteiger partial charge on any atom is 0.172 e. The summed E-state index contributed by atoms with van der Waals surface area (Å²) in [6.07, 6.45) is 0. The third-order valence-electron chi connectivity index (χ3n) is 3.12. The molecule has 0 spiro atoms. The molecule has 0 radical (unpaired) electrons. The highest BCUT2D eigenvalue weighted by molar-refractivity contribution is 9.10. The minimum absolute atomic E-state index is 0.0940. The van der Waals surface area contributed by atoms with Crippen LogP contribution in [0.2, 0.25) is 0 Å². The first-order chi connectivity index (χ1) is 10.0. The van der Waals surface area contributed by atoms with Crippen molar-refractivity contribution in [1.82, 2.24) is 0 Å². The van der Waals surface area contributed by atoms with E-state index in [4.69, 9.17) is 10.9 Å². The lowest BCUT2D eigenvalue weighted by atomic mass is 10.1. The first-order valence-electron chi connectivity index (χ1n) is 6.25. The molecule has 6 heteroatoms. The molecule has 2 rings (SSSR count). The predicted octanol–water partition coefficient (Wildman–Crippen LogP) is 3.94. The summed E-state index contributed by atoms with van der Waals surface area (Å²) in [7, 11) is 1.97. The molecule has 21 heavy (non-hydrogen) atoms. The second kappa shape index (κ2) is 6.95. The highest BCUT2D eigenvalue weighted by atomic mass is 79.9. The summed E-state index contributed by atoms with van der Waals surface area (Å²) >= 11 is 7.01. The summed E-state index contributed by atoms with van der Waals surface area (Å²) in [5.74, 6) is 0.0940. The normalized spacial score (nSPS) is 11.5. The van der Waals surface area contributed by atoms with Gasteiger partial charge >= 0.3 is 0 Å². The fraction of sp³-hybridized carbons (Fsp3) is 0.133. The Bertz CT molecular complexity index is 674. The smallest absolute Gasteiger partial charge is 0.172 e. The molecule has 0 saturated heterocycles. The van der Waals surface area contributed by atoms with Crippen LogP contribution in [0.15, 0.2) is 56.6 Å². The topological polar surface area (TPSA) is 61.8 Å². The fourth-order valence-corrected chi connectivity index (χ4v) is 2.82. The third-order valence-corrected chi connectivity index (χ3v) is 4.39. The number of nitrogens with two attached hydrogens (primary N) is 1. The molecular weight excluding hydrogens is 398 g/mol. The minimum Gasteiger partial charge on any atom is -0.409 e. The van der Waals surface area contributed by atoms with Crippen molar-refractivity contribution in [2.75, 3.05) is 11.9 Å². The predicted molar refractivity (Wildman–Crippen MR) is 92.9 cm³/mol. The molecule has 0 unspecified atom stereocenters. The fourth-order valence-electron chi connectivity index (χ4n) is 2.06. The lowest BCUT2D eigenvalue weighted by Gasteiger charge is -2.23. The Morgan fingerprint density at radius 1 is 1.24 bits per heavy atom. The number of amidine groups is 1. The largest absolute Gasteiger partial charge is 0.409 e. The van der Waals surface area contributed by atoms with Crippen molar-refractivity contribution >= 4 is 43.4 Å². The number of rotatable bonds is 4. The van der Waals surface area contributed by atoms with Gasteiger partial charge in [0.25, 0.3) is 0 Å². The van der Waals surface area contributed by atoms with Gasteiger partial charge in [0.05, 0.1) is 0 Å². The van der Waals surface area contributed by atoms with Gasteiger partial charge in [-0.05, 0) is 29.8 Å². The summed E-state index contributed by atoms with van der Waals surface area (Å²) < 4.78 is 1.99. The number of nitrogens with zero attached hydrogens (tertiary/aromatic N) is 2. The van der Waals surface area contributed by atoms with E-state index >= 15 is 0 Å². The number of hydrogen-bond acceptors (Lipinski definition) is 3. The molecule has 3 N–H and O–H groups in total. The van der Waals surface area contributed by atoms with Crippen molar-refractivity contribution in [2.24, 2.45) is 10.9 Å². The molecule has 0 saturated carbocycles. The van der Waals surface area contributed by atoms with Crippen LogP contribution in [0, 0.1) is 0 Å². The van der Waals surface area contributed by atoms with Crippen molar-refractivity contribution in [3.63, 3.8) is 0 Å². The van der Waals surface area contributed by atoms with Crippen LogP contribution in [0.25, 0.3) is 0 Å². The summed E-state index contributed by atoms with van der Waals surface area (Å²) in [5.41, 5.74) is 8.49. The van der Waals surface area contributed by atoms with Gasteiger partial charge < -0.3 is 15.8 Å². The molecule has 110 valence electrons. The number of anilines is 1. The molecule has 0 fully saturated rings. The van der Waals surface area contributed by atoms with Gasteiger partial charge in [0.15, 0.2) is 5.84 Å². The van der Waals surface area contributed by atoms with Crippen LogP contribution in [-0.2, 0) is 6.54 Å². The highest BCUT2D eigenvalue weighted by Gasteiger charge is 2.13. The van der Waals surface area contributed by atoms with Crippen LogP contribution in [0.3, 0.4) is 0 Å². The van der Waals surface area contributed by atoms with Gasteiger partial charge in [0.1, 0.15) is 0 Å². The van der Waals surface area contributed by atoms with Gasteiger partial charge in [-0.15, -0.1) is 0 Å². The number of halogens is 2. The first-order valence-corrected chi connectivity index (χ1v) is 7.83. The minimum atomic E-state index is 0.0940. The maximum absolute atomic E-state index is 8.92. The number of oxime groups is 1. The van der Waals surface area contributed by atoms with Gasteiger partial charge in [0, 0.05) is 33.8 Å². The Morgan fingerprint density at radius 2 is 1.95 bits per heavy atom. The lowest BCUT2D eigenvalue weighted by molar-refractivity contribution is 0.318. The van der Waals surface area contributed by atoms with Gasteiger partial charge in [-0.1, -0.05) is 55.2 Å². The molecule has 0 aromatic heterocycles. The second-order valence-corrected chi connectivity index (χ2v) is 6.36. The molecular formula is C15H15Br2N3O. The monoisotopic (exact) mass is 411 g/mol. The molecule has 4 nitrogen and oxygen atoms in total. The quantitative estimate of drug-likeness (QED) is 0.346. The van der Waals surface area contributed by atoms with Crippen molar-refractivity contribution in [2.45, 2.75) is 6.54 Å². The maximum atomic E-state index is 8.92. The van der Waals surface area contributed by atoms with Crippen LogP contribution in [0.4, 0.5) is 5.69 Å². The highest BCUT2D eigenvalue weighted by Crippen LogP contribution is 2.27. The van der Waals surface area contributed by atoms with Crippen molar-refractivity contribution in [3.8, 4) is 0 Å². The van der Waals surface area contributed by atoms with E-state index in [0.717, 1.165) is 20.2 Å². The van der Waals surface area contributed by atoms with Crippen LogP contribution in [0.5, 0.6) is 0 Å². The number of hydrogen-bond donors (Lipinski definition) is 2. The molecule has 0 bridgehead atoms. The molecule has 0 heterocycles.